The molecule has 0 spiro atoms. The van der Waals surface area contributed by atoms with Crippen LogP contribution in [0.3, 0.4) is 0 Å². The molecule has 0 saturated carbocycles. The number of rotatable bonds is 10. The molecule has 0 fully saturated rings. The first-order valence-corrected chi connectivity index (χ1v) is 13.2. The molecular weight excluding hydrogens is 571 g/mol. The van der Waals surface area contributed by atoms with Gasteiger partial charge in [0.1, 0.15) is 11.9 Å². The minimum atomic E-state index is -0.869. The number of aromatic nitrogens is 3. The van der Waals surface area contributed by atoms with Crippen LogP contribution in [0.2, 0.25) is 10.0 Å². The van der Waals surface area contributed by atoms with Crippen molar-refractivity contribution in [3.05, 3.63) is 63.4 Å². The molecule has 2 aromatic heterocycles. The summed E-state index contributed by atoms with van der Waals surface area (Å²) in [5, 5.41) is 30.3. The molecule has 13 nitrogen and oxygen atoms in total. The van der Waals surface area contributed by atoms with Gasteiger partial charge in [0.2, 0.25) is 11.9 Å². The number of aliphatic hydroxyl groups excluding tert-OH is 1. The topological polar surface area (TPSA) is 181 Å². The number of aliphatic hydroxyl groups is 1. The van der Waals surface area contributed by atoms with Gasteiger partial charge in [-0.15, -0.1) is 0 Å². The first-order chi connectivity index (χ1) is 19.7. The molecule has 0 bridgehead atoms. The van der Waals surface area contributed by atoms with E-state index >= 15 is 0 Å². The lowest BCUT2D eigenvalue weighted by Gasteiger charge is -2.26. The molecule has 0 unspecified atom stereocenters. The standard InChI is InChI=1S/C26H28Cl2N10O3/c1-13(24(40)33-19(12-39)23-17(27)6-7-20(30-2)34-23)38-11-15-5-4-14(8-16(15)25(38)41)22-18(28)10-32-26(36-22)35-21(9-29)37-31-3/h4-10,13,19,29,31,39H,11-12H2,1-3H3,(H,30,34)(H,33,40)(H,32,35,36,37)/t13-,19-/m1/s1. The Balaban J connectivity index is 1.53. The largest absolute Gasteiger partial charge is 0.394 e. The van der Waals surface area contributed by atoms with Crippen molar-refractivity contribution >= 4 is 58.8 Å². The summed E-state index contributed by atoms with van der Waals surface area (Å²) < 4.78 is 0. The zero-order valence-electron chi connectivity index (χ0n) is 22.4. The Labute approximate surface area is 245 Å². The van der Waals surface area contributed by atoms with E-state index in [1.165, 1.54) is 11.1 Å². The highest BCUT2D eigenvalue weighted by Gasteiger charge is 2.35. The van der Waals surface area contributed by atoms with E-state index in [1.54, 1.807) is 51.4 Å². The lowest BCUT2D eigenvalue weighted by Crippen LogP contribution is -2.47. The predicted molar refractivity (Wildman–Crippen MR) is 157 cm³/mol. The molecular formula is C26H28Cl2N10O3. The maximum atomic E-state index is 13.4. The van der Waals surface area contributed by atoms with E-state index < -0.39 is 24.6 Å². The summed E-state index contributed by atoms with van der Waals surface area (Å²) in [5.74, 6) is 0.0594. The van der Waals surface area contributed by atoms with Crippen LogP contribution in [0.5, 0.6) is 0 Å². The molecule has 2 amide bonds. The van der Waals surface area contributed by atoms with Crippen LogP contribution in [0, 0.1) is 5.41 Å². The summed E-state index contributed by atoms with van der Waals surface area (Å²) in [6.45, 7) is 1.39. The van der Waals surface area contributed by atoms with Gasteiger partial charge in [-0.2, -0.15) is 5.10 Å². The fourth-order valence-corrected chi connectivity index (χ4v) is 4.66. The summed E-state index contributed by atoms with van der Waals surface area (Å²) in [6.07, 6.45) is 2.41. The summed E-state index contributed by atoms with van der Waals surface area (Å²) in [4.78, 5) is 41.0. The number of amides is 2. The molecule has 4 rings (SSSR count). The van der Waals surface area contributed by atoms with Gasteiger partial charge in [-0.05, 0) is 30.7 Å². The summed E-state index contributed by atoms with van der Waals surface area (Å²) in [6, 6.07) is 6.81. The van der Waals surface area contributed by atoms with Gasteiger partial charge in [0.05, 0.1) is 46.5 Å². The highest BCUT2D eigenvalue weighted by atomic mass is 35.5. The zero-order chi connectivity index (χ0) is 29.7. The molecule has 0 aliphatic carbocycles. The van der Waals surface area contributed by atoms with E-state index in [-0.39, 0.29) is 29.3 Å². The van der Waals surface area contributed by atoms with E-state index in [0.29, 0.717) is 33.4 Å². The molecule has 1 aromatic carbocycles. The lowest BCUT2D eigenvalue weighted by molar-refractivity contribution is -0.126. The second-order valence-electron chi connectivity index (χ2n) is 8.92. The van der Waals surface area contributed by atoms with Crippen molar-refractivity contribution in [1.82, 2.24) is 30.6 Å². The number of hydrazone groups is 1. The third kappa shape index (κ3) is 6.37. The Kier molecular flexibility index (Phi) is 9.32. The lowest BCUT2D eigenvalue weighted by atomic mass is 10.0. The molecule has 1 aliphatic rings. The zero-order valence-corrected chi connectivity index (χ0v) is 23.9. The molecule has 6 N–H and O–H groups in total. The van der Waals surface area contributed by atoms with Crippen LogP contribution in [0.1, 0.15) is 34.6 Å². The van der Waals surface area contributed by atoms with Crippen LogP contribution in [0.4, 0.5) is 11.8 Å². The van der Waals surface area contributed by atoms with Crippen LogP contribution in [-0.2, 0) is 11.3 Å². The fourth-order valence-electron chi connectivity index (χ4n) is 4.22. The molecule has 0 saturated heterocycles. The Hall–Kier alpha value is -4.33. The summed E-state index contributed by atoms with van der Waals surface area (Å²) >= 11 is 12.7. The van der Waals surface area contributed by atoms with E-state index in [0.717, 1.165) is 11.8 Å². The van der Waals surface area contributed by atoms with Gasteiger partial charge in [0, 0.05) is 31.8 Å². The minimum Gasteiger partial charge on any atom is -0.394 e. The average molecular weight is 599 g/mol. The minimum absolute atomic E-state index is 0.161. The number of carbonyl (C=O) groups excluding carboxylic acids is 2. The highest BCUT2D eigenvalue weighted by Crippen LogP contribution is 2.32. The number of amidine groups is 1. The van der Waals surface area contributed by atoms with Gasteiger partial charge in [-0.25, -0.2) is 15.0 Å². The number of nitrogens with zero attached hydrogens (tertiary/aromatic N) is 5. The van der Waals surface area contributed by atoms with Crippen LogP contribution < -0.4 is 21.4 Å². The van der Waals surface area contributed by atoms with E-state index in [4.69, 9.17) is 28.6 Å². The van der Waals surface area contributed by atoms with E-state index in [2.05, 4.69) is 41.4 Å². The van der Waals surface area contributed by atoms with Crippen LogP contribution >= 0.6 is 23.2 Å². The second kappa shape index (κ2) is 12.9. The van der Waals surface area contributed by atoms with Crippen molar-refractivity contribution in [3.63, 3.8) is 0 Å². The van der Waals surface area contributed by atoms with Crippen molar-refractivity contribution in [1.29, 1.82) is 5.41 Å². The smallest absolute Gasteiger partial charge is 0.255 e. The van der Waals surface area contributed by atoms with Gasteiger partial charge in [0.15, 0.2) is 5.84 Å². The van der Waals surface area contributed by atoms with Gasteiger partial charge in [0.25, 0.3) is 5.91 Å². The van der Waals surface area contributed by atoms with Crippen LogP contribution in [0.15, 0.2) is 41.6 Å². The molecule has 15 heteroatoms. The van der Waals surface area contributed by atoms with Crippen LogP contribution in [0.25, 0.3) is 11.3 Å². The number of benzene rings is 1. The monoisotopic (exact) mass is 598 g/mol. The van der Waals surface area contributed by atoms with Gasteiger partial charge >= 0.3 is 0 Å². The number of pyridine rings is 1. The van der Waals surface area contributed by atoms with Gasteiger partial charge in [-0.1, -0.05) is 35.3 Å². The van der Waals surface area contributed by atoms with E-state index in [1.807, 2.05) is 0 Å². The summed E-state index contributed by atoms with van der Waals surface area (Å²) in [5.41, 5.74) is 4.97. The molecule has 3 aromatic rings. The number of hydrogen-bond donors (Lipinski definition) is 6. The first kappa shape index (κ1) is 29.6. The van der Waals surface area contributed by atoms with Crippen molar-refractivity contribution in [2.24, 2.45) is 5.10 Å². The Morgan fingerprint density at radius 1 is 1.22 bits per heavy atom. The number of nitrogens with one attached hydrogen (secondary N) is 5. The van der Waals surface area contributed by atoms with Crippen molar-refractivity contribution in [2.75, 3.05) is 31.3 Å². The number of hydrogen-bond acceptors (Lipinski definition) is 10. The van der Waals surface area contributed by atoms with Crippen molar-refractivity contribution < 1.29 is 14.7 Å². The number of anilines is 2. The van der Waals surface area contributed by atoms with Gasteiger partial charge < -0.3 is 36.8 Å². The highest BCUT2D eigenvalue weighted by molar-refractivity contribution is 6.34. The number of fused-ring (bicyclic) bond motifs is 1. The molecule has 41 heavy (non-hydrogen) atoms. The number of carbonyl (C=O) groups is 2. The molecule has 2 atom stereocenters. The molecule has 214 valence electrons. The Bertz CT molecular complexity index is 1520. The maximum absolute atomic E-state index is 13.4. The molecule has 1 aliphatic heterocycles. The van der Waals surface area contributed by atoms with E-state index in [9.17, 15) is 14.7 Å². The SMILES string of the molecule is CN/N=C(\C=N)Nc1ncc(Cl)c(-c2ccc3c(c2)C(=O)N([C@H](C)C(=O)N[C@H](CO)c2nc(NC)ccc2Cl)C3)n1. The maximum Gasteiger partial charge on any atom is 0.255 e. The third-order valence-corrected chi connectivity index (χ3v) is 6.97. The molecule has 3 heterocycles. The normalized spacial score (nSPS) is 14.2. The average Bonchev–Trinajstić information content (AvgIpc) is 3.31. The third-order valence-electron chi connectivity index (χ3n) is 6.37. The van der Waals surface area contributed by atoms with Crippen molar-refractivity contribution in [2.45, 2.75) is 25.6 Å². The second-order valence-corrected chi connectivity index (χ2v) is 9.73. The Morgan fingerprint density at radius 3 is 2.68 bits per heavy atom. The van der Waals surface area contributed by atoms with Crippen molar-refractivity contribution in [3.8, 4) is 11.3 Å². The first-order valence-electron chi connectivity index (χ1n) is 12.4. The van der Waals surface area contributed by atoms with Crippen LogP contribution in [-0.4, -0.2) is 75.6 Å². The predicted octanol–water partition coefficient (Wildman–Crippen LogP) is 2.68. The summed E-state index contributed by atoms with van der Waals surface area (Å²) in [7, 11) is 3.29. The molecule has 0 radical (unpaired) electrons. The fraction of sp³-hybridized carbons (Fsp3) is 0.269. The quantitative estimate of drug-likeness (QED) is 0.116. The number of halogens is 2. The Morgan fingerprint density at radius 2 is 2.00 bits per heavy atom. The van der Waals surface area contributed by atoms with Gasteiger partial charge in [-0.3, -0.25) is 9.59 Å².